The van der Waals surface area contributed by atoms with E-state index in [9.17, 15) is 18.0 Å². The predicted molar refractivity (Wildman–Crippen MR) is 65.5 cm³/mol. The van der Waals surface area contributed by atoms with E-state index in [0.29, 0.717) is 11.1 Å². The average molecular weight is 273 g/mol. The highest BCUT2D eigenvalue weighted by Gasteiger charge is 2.22. The summed E-state index contributed by atoms with van der Waals surface area (Å²) in [6.45, 7) is 3.30. The van der Waals surface area contributed by atoms with Crippen LogP contribution in [-0.4, -0.2) is 36.8 Å². The molecule has 2 N–H and O–H groups in total. The Morgan fingerprint density at radius 1 is 1.28 bits per heavy atom. The topological polar surface area (TPSA) is 101 Å². The third-order valence-electron chi connectivity index (χ3n) is 2.55. The number of carbonyl (C=O) groups excluding carboxylic acids is 2. The van der Waals surface area contributed by atoms with Crippen molar-refractivity contribution in [1.82, 2.24) is 5.32 Å². The second-order valence-corrected chi connectivity index (χ2v) is 5.66. The first-order chi connectivity index (χ1) is 8.22. The minimum Gasteiger partial charge on any atom is -0.382 e. The van der Waals surface area contributed by atoms with Gasteiger partial charge in [0.15, 0.2) is 5.78 Å². The van der Waals surface area contributed by atoms with Gasteiger partial charge in [0.25, 0.3) is 10.1 Å². The minimum atomic E-state index is -3.99. The lowest BCUT2D eigenvalue weighted by atomic mass is 9.95. The van der Waals surface area contributed by atoms with Gasteiger partial charge in [-0.05, 0) is 26.3 Å². The fourth-order valence-corrected chi connectivity index (χ4v) is 2.13. The van der Waals surface area contributed by atoms with E-state index in [1.54, 1.807) is 13.8 Å². The molecule has 18 heavy (non-hydrogen) atoms. The van der Waals surface area contributed by atoms with Crippen LogP contribution in [0.15, 0.2) is 22.9 Å². The van der Waals surface area contributed by atoms with E-state index in [1.807, 2.05) is 0 Å². The van der Waals surface area contributed by atoms with Crippen LogP contribution in [0, 0.1) is 0 Å². The third kappa shape index (κ3) is 3.78. The van der Waals surface area contributed by atoms with Gasteiger partial charge in [0.2, 0.25) is 5.78 Å². The molecule has 0 radical (unpaired) electrons. The van der Waals surface area contributed by atoms with Crippen LogP contribution in [0.25, 0.3) is 0 Å². The molecule has 0 saturated carbocycles. The Bertz CT molecular complexity index is 542. The Balaban J connectivity index is 2.62. The van der Waals surface area contributed by atoms with Crippen molar-refractivity contribution in [3.8, 4) is 0 Å². The maximum atomic E-state index is 11.6. The smallest absolute Gasteiger partial charge is 0.264 e. The Kier molecular flexibility index (Phi) is 4.42. The van der Waals surface area contributed by atoms with Crippen LogP contribution in [-0.2, 0) is 19.7 Å². The van der Waals surface area contributed by atoms with Crippen molar-refractivity contribution < 1.29 is 22.6 Å². The SMILES string of the molecule is CC1=CC(=O)C(NCCCS(=O)(=O)O)=C(C)C1=O. The Morgan fingerprint density at radius 3 is 2.44 bits per heavy atom. The second-order valence-electron chi connectivity index (χ2n) is 4.09. The van der Waals surface area contributed by atoms with Crippen LogP contribution < -0.4 is 5.32 Å². The summed E-state index contributed by atoms with van der Waals surface area (Å²) in [5.41, 5.74) is 0.911. The van der Waals surface area contributed by atoms with Crippen molar-refractivity contribution in [3.63, 3.8) is 0 Å². The fourth-order valence-electron chi connectivity index (χ4n) is 1.62. The van der Waals surface area contributed by atoms with Crippen molar-refractivity contribution in [2.45, 2.75) is 20.3 Å². The number of Topliss-reactive ketones (excluding diaryl/α,β-unsaturated/α-hetero) is 1. The highest BCUT2D eigenvalue weighted by Crippen LogP contribution is 2.16. The van der Waals surface area contributed by atoms with E-state index in [4.69, 9.17) is 4.55 Å². The molecule has 1 rings (SSSR count). The lowest BCUT2D eigenvalue weighted by Crippen LogP contribution is -2.28. The largest absolute Gasteiger partial charge is 0.382 e. The van der Waals surface area contributed by atoms with E-state index < -0.39 is 10.1 Å². The number of hydrogen-bond acceptors (Lipinski definition) is 5. The third-order valence-corrected chi connectivity index (χ3v) is 3.35. The summed E-state index contributed by atoms with van der Waals surface area (Å²) < 4.78 is 29.5. The summed E-state index contributed by atoms with van der Waals surface area (Å²) in [7, 11) is -3.99. The molecule has 0 aromatic rings. The molecule has 1 aliphatic rings. The number of rotatable bonds is 5. The minimum absolute atomic E-state index is 0.153. The van der Waals surface area contributed by atoms with Crippen LogP contribution >= 0.6 is 0 Å². The highest BCUT2D eigenvalue weighted by atomic mass is 32.2. The number of carbonyl (C=O) groups is 2. The van der Waals surface area contributed by atoms with Gasteiger partial charge in [0.05, 0.1) is 11.4 Å². The molecule has 1 aliphatic carbocycles. The number of ketones is 2. The van der Waals surface area contributed by atoms with Gasteiger partial charge in [0, 0.05) is 17.7 Å². The number of allylic oxidation sites excluding steroid dienone is 3. The quantitative estimate of drug-likeness (QED) is 0.422. The molecule has 7 heteroatoms. The van der Waals surface area contributed by atoms with Gasteiger partial charge >= 0.3 is 0 Å². The molecular weight excluding hydrogens is 258 g/mol. The average Bonchev–Trinajstić information content (AvgIpc) is 2.23. The van der Waals surface area contributed by atoms with E-state index in [1.165, 1.54) is 6.08 Å². The molecule has 0 bridgehead atoms. The van der Waals surface area contributed by atoms with Gasteiger partial charge in [-0.25, -0.2) is 0 Å². The summed E-state index contributed by atoms with van der Waals surface area (Å²) >= 11 is 0. The molecule has 0 aliphatic heterocycles. The molecule has 6 nitrogen and oxygen atoms in total. The molecule has 0 fully saturated rings. The fraction of sp³-hybridized carbons (Fsp3) is 0.455. The van der Waals surface area contributed by atoms with Crippen LogP contribution in [0.1, 0.15) is 20.3 Å². The first-order valence-corrected chi connectivity index (χ1v) is 7.00. The van der Waals surface area contributed by atoms with E-state index in [2.05, 4.69) is 5.32 Å². The standard InChI is InChI=1S/C11H15NO5S/c1-7-6-9(13)10(8(2)11(7)14)12-4-3-5-18(15,16)17/h6,12H,3-5H2,1-2H3,(H,15,16,17). The van der Waals surface area contributed by atoms with Gasteiger partial charge in [-0.2, -0.15) is 8.42 Å². The van der Waals surface area contributed by atoms with Crippen molar-refractivity contribution in [2.75, 3.05) is 12.3 Å². The summed E-state index contributed by atoms with van der Waals surface area (Å²) in [5.74, 6) is -0.882. The summed E-state index contributed by atoms with van der Waals surface area (Å²) in [6.07, 6.45) is 1.40. The molecular formula is C11H15NO5S. The Morgan fingerprint density at radius 2 is 1.89 bits per heavy atom. The normalized spacial score (nSPS) is 16.9. The van der Waals surface area contributed by atoms with Crippen molar-refractivity contribution in [2.24, 2.45) is 0 Å². The molecule has 0 amide bonds. The number of hydrogen-bond donors (Lipinski definition) is 2. The maximum Gasteiger partial charge on any atom is 0.264 e. The predicted octanol–water partition coefficient (Wildman–Crippen LogP) is 0.226. The summed E-state index contributed by atoms with van der Waals surface area (Å²) in [4.78, 5) is 23.3. The van der Waals surface area contributed by atoms with Gasteiger partial charge in [-0.3, -0.25) is 14.1 Å². The highest BCUT2D eigenvalue weighted by molar-refractivity contribution is 7.85. The van der Waals surface area contributed by atoms with E-state index >= 15 is 0 Å². The van der Waals surface area contributed by atoms with Crippen LogP contribution in [0.2, 0.25) is 0 Å². The summed E-state index contributed by atoms with van der Waals surface area (Å²) in [6, 6.07) is 0. The lowest BCUT2D eigenvalue weighted by molar-refractivity contribution is -0.116. The van der Waals surface area contributed by atoms with Gasteiger partial charge < -0.3 is 5.32 Å². The zero-order valence-electron chi connectivity index (χ0n) is 10.2. The summed E-state index contributed by atoms with van der Waals surface area (Å²) in [5, 5.41) is 2.73. The molecule has 0 saturated heterocycles. The van der Waals surface area contributed by atoms with Crippen LogP contribution in [0.5, 0.6) is 0 Å². The molecule has 0 heterocycles. The number of nitrogens with one attached hydrogen (secondary N) is 1. The van der Waals surface area contributed by atoms with Crippen molar-refractivity contribution in [1.29, 1.82) is 0 Å². The molecule has 100 valence electrons. The molecule has 0 atom stereocenters. The Hall–Kier alpha value is -1.47. The van der Waals surface area contributed by atoms with Gasteiger partial charge in [-0.1, -0.05) is 0 Å². The van der Waals surface area contributed by atoms with E-state index in [0.717, 1.165) is 0 Å². The first-order valence-electron chi connectivity index (χ1n) is 5.39. The van der Waals surface area contributed by atoms with Crippen molar-refractivity contribution >= 4 is 21.7 Å². The van der Waals surface area contributed by atoms with Gasteiger partial charge in [0.1, 0.15) is 0 Å². The van der Waals surface area contributed by atoms with E-state index in [-0.39, 0.29) is 36.0 Å². The van der Waals surface area contributed by atoms with Gasteiger partial charge in [-0.15, -0.1) is 0 Å². The van der Waals surface area contributed by atoms with Crippen molar-refractivity contribution in [3.05, 3.63) is 22.9 Å². The second kappa shape index (κ2) is 5.45. The molecule has 0 unspecified atom stereocenters. The maximum absolute atomic E-state index is 11.6. The Labute approximate surface area is 106 Å². The lowest BCUT2D eigenvalue weighted by Gasteiger charge is -2.16. The zero-order chi connectivity index (χ0) is 13.9. The molecule has 0 spiro atoms. The zero-order valence-corrected chi connectivity index (χ0v) is 11.0. The molecule has 0 aromatic carbocycles. The van der Waals surface area contributed by atoms with Crippen LogP contribution in [0.3, 0.4) is 0 Å². The first kappa shape index (κ1) is 14.6. The molecule has 0 aromatic heterocycles. The monoisotopic (exact) mass is 273 g/mol. The van der Waals surface area contributed by atoms with Crippen LogP contribution in [0.4, 0.5) is 0 Å².